The number of furan rings is 1. The predicted octanol–water partition coefficient (Wildman–Crippen LogP) is 2.14. The highest BCUT2D eigenvalue weighted by Crippen LogP contribution is 2.25. The highest BCUT2D eigenvalue weighted by atomic mass is 35.5. The number of benzene rings is 1. The third-order valence-electron chi connectivity index (χ3n) is 2.51. The Kier molecular flexibility index (Phi) is 3.85. The number of nitrogens with one attached hydrogen (secondary N) is 1. The molecule has 2 rings (SSSR count). The summed E-state index contributed by atoms with van der Waals surface area (Å²) in [6.07, 6.45) is 1.29. The topological polar surface area (TPSA) is 102 Å². The van der Waals surface area contributed by atoms with Gasteiger partial charge in [0.25, 0.3) is 5.91 Å². The van der Waals surface area contributed by atoms with Crippen LogP contribution < -0.4 is 10.5 Å². The molecule has 0 bridgehead atoms. The molecule has 3 N–H and O–H groups in total. The van der Waals surface area contributed by atoms with E-state index >= 15 is 0 Å². The van der Waals surface area contributed by atoms with E-state index in [0.717, 1.165) is 0 Å². The lowest BCUT2D eigenvalue weighted by molar-refractivity contribution is 0.102. The lowest BCUT2D eigenvalue weighted by atomic mass is 10.2. The third-order valence-corrected chi connectivity index (χ3v) is 3.75. The summed E-state index contributed by atoms with van der Waals surface area (Å²) in [6, 6.07) is 5.35. The Morgan fingerprint density at radius 3 is 2.60 bits per heavy atom. The maximum absolute atomic E-state index is 11.9. The monoisotopic (exact) mass is 314 g/mol. The molecule has 0 unspecified atom stereocenters. The van der Waals surface area contributed by atoms with Crippen LogP contribution in [0.1, 0.15) is 16.1 Å². The summed E-state index contributed by atoms with van der Waals surface area (Å²) in [7, 11) is -3.87. The minimum Gasteiger partial charge on any atom is -0.469 e. The van der Waals surface area contributed by atoms with Crippen LogP contribution >= 0.6 is 11.6 Å². The summed E-state index contributed by atoms with van der Waals surface area (Å²) < 4.78 is 27.5. The number of rotatable bonds is 3. The number of aryl methyl sites for hydroxylation is 1. The molecule has 0 radical (unpaired) electrons. The van der Waals surface area contributed by atoms with E-state index in [0.29, 0.717) is 11.3 Å². The second kappa shape index (κ2) is 5.28. The lowest BCUT2D eigenvalue weighted by Gasteiger charge is -2.07. The van der Waals surface area contributed by atoms with E-state index < -0.39 is 15.9 Å². The number of halogens is 1. The molecule has 2 aromatic rings. The minimum absolute atomic E-state index is 0.138. The molecule has 6 nitrogen and oxygen atoms in total. The minimum atomic E-state index is -3.87. The Labute approximate surface area is 120 Å². The number of hydrogen-bond acceptors (Lipinski definition) is 4. The van der Waals surface area contributed by atoms with Gasteiger partial charge in [-0.1, -0.05) is 11.6 Å². The van der Waals surface area contributed by atoms with E-state index in [1.807, 2.05) is 0 Å². The first-order valence-corrected chi connectivity index (χ1v) is 7.38. The standard InChI is InChI=1S/C12H11ClN2O4S/c1-7-4-8(6-19-7)12(16)15-11-5-9(20(14,17)18)2-3-10(11)13/h2-6H,1H3,(H,15,16)(H2,14,17,18). The van der Waals surface area contributed by atoms with E-state index in [1.165, 1.54) is 24.5 Å². The molecule has 0 aliphatic carbocycles. The maximum atomic E-state index is 11.9. The van der Waals surface area contributed by atoms with Crippen molar-refractivity contribution in [2.24, 2.45) is 5.14 Å². The first kappa shape index (κ1) is 14.6. The van der Waals surface area contributed by atoms with Crippen molar-refractivity contribution in [2.75, 3.05) is 5.32 Å². The number of nitrogens with two attached hydrogens (primary N) is 1. The van der Waals surface area contributed by atoms with Crippen LogP contribution in [0.15, 0.2) is 39.8 Å². The molecule has 1 amide bonds. The van der Waals surface area contributed by atoms with Crippen molar-refractivity contribution < 1.29 is 17.6 Å². The molecule has 0 saturated carbocycles. The van der Waals surface area contributed by atoms with Gasteiger partial charge in [0.2, 0.25) is 10.0 Å². The van der Waals surface area contributed by atoms with Crippen LogP contribution in [0.5, 0.6) is 0 Å². The van der Waals surface area contributed by atoms with Crippen LogP contribution in [0.2, 0.25) is 5.02 Å². The summed E-state index contributed by atoms with van der Waals surface area (Å²) in [5, 5.41) is 7.72. The van der Waals surface area contributed by atoms with Crippen molar-refractivity contribution in [2.45, 2.75) is 11.8 Å². The van der Waals surface area contributed by atoms with E-state index in [1.54, 1.807) is 13.0 Å². The summed E-state index contributed by atoms with van der Waals surface area (Å²) in [5.74, 6) is 0.120. The lowest BCUT2D eigenvalue weighted by Crippen LogP contribution is -2.14. The van der Waals surface area contributed by atoms with E-state index in [4.69, 9.17) is 21.2 Å². The largest absolute Gasteiger partial charge is 0.469 e. The highest BCUT2D eigenvalue weighted by Gasteiger charge is 2.14. The number of carbonyl (C=O) groups is 1. The zero-order valence-corrected chi connectivity index (χ0v) is 12.0. The summed E-state index contributed by atoms with van der Waals surface area (Å²) in [6.45, 7) is 1.70. The molecule has 0 aliphatic heterocycles. The molecule has 0 fully saturated rings. The van der Waals surface area contributed by atoms with Crippen molar-refractivity contribution in [1.82, 2.24) is 0 Å². The van der Waals surface area contributed by atoms with E-state index in [2.05, 4.69) is 5.32 Å². The molecule has 0 spiro atoms. The van der Waals surface area contributed by atoms with E-state index in [-0.39, 0.29) is 15.6 Å². The van der Waals surface area contributed by atoms with Gasteiger partial charge in [-0.15, -0.1) is 0 Å². The van der Waals surface area contributed by atoms with Crippen molar-refractivity contribution >= 4 is 33.2 Å². The van der Waals surface area contributed by atoms with Crippen LogP contribution in [0.4, 0.5) is 5.69 Å². The first-order valence-electron chi connectivity index (χ1n) is 5.46. The van der Waals surface area contributed by atoms with Crippen LogP contribution in [0, 0.1) is 6.92 Å². The number of anilines is 1. The van der Waals surface area contributed by atoms with Gasteiger partial charge in [0, 0.05) is 0 Å². The quantitative estimate of drug-likeness (QED) is 0.905. The third kappa shape index (κ3) is 3.19. The number of carbonyl (C=O) groups excluding carboxylic acids is 1. The van der Waals surface area contributed by atoms with Crippen molar-refractivity contribution in [3.63, 3.8) is 0 Å². The normalized spacial score (nSPS) is 11.3. The Bertz CT molecular complexity index is 768. The van der Waals surface area contributed by atoms with Crippen molar-refractivity contribution in [3.05, 3.63) is 46.9 Å². The van der Waals surface area contributed by atoms with Gasteiger partial charge in [0.1, 0.15) is 12.0 Å². The SMILES string of the molecule is Cc1cc(C(=O)Nc2cc(S(N)(=O)=O)ccc2Cl)co1. The summed E-state index contributed by atoms with van der Waals surface area (Å²) in [5.41, 5.74) is 0.460. The fourth-order valence-electron chi connectivity index (χ4n) is 1.53. The van der Waals surface area contributed by atoms with Crippen LogP contribution in [0.3, 0.4) is 0 Å². The molecule has 1 heterocycles. The van der Waals surface area contributed by atoms with Gasteiger partial charge in [0.05, 0.1) is 21.2 Å². The first-order chi connectivity index (χ1) is 9.27. The number of amides is 1. The molecule has 0 saturated heterocycles. The highest BCUT2D eigenvalue weighted by molar-refractivity contribution is 7.89. The van der Waals surface area contributed by atoms with Gasteiger partial charge in [-0.2, -0.15) is 0 Å². The van der Waals surface area contributed by atoms with Crippen molar-refractivity contribution in [1.29, 1.82) is 0 Å². The Morgan fingerprint density at radius 1 is 1.35 bits per heavy atom. The van der Waals surface area contributed by atoms with Crippen molar-refractivity contribution in [3.8, 4) is 0 Å². The van der Waals surface area contributed by atoms with Crippen LogP contribution in [0.25, 0.3) is 0 Å². The second-order valence-corrected chi connectivity index (χ2v) is 6.06. The van der Waals surface area contributed by atoms with Gasteiger partial charge in [0.15, 0.2) is 0 Å². The van der Waals surface area contributed by atoms with Crippen LogP contribution in [-0.4, -0.2) is 14.3 Å². The fourth-order valence-corrected chi connectivity index (χ4v) is 2.24. The average molecular weight is 315 g/mol. The average Bonchev–Trinajstić information content (AvgIpc) is 2.77. The molecule has 1 aromatic heterocycles. The van der Waals surface area contributed by atoms with Gasteiger partial charge in [-0.3, -0.25) is 4.79 Å². The molecule has 0 atom stereocenters. The fraction of sp³-hybridized carbons (Fsp3) is 0.0833. The summed E-state index contributed by atoms with van der Waals surface area (Å²) in [4.78, 5) is 11.8. The number of sulfonamides is 1. The Morgan fingerprint density at radius 2 is 2.05 bits per heavy atom. The molecule has 0 aliphatic rings. The number of primary sulfonamides is 1. The summed E-state index contributed by atoms with van der Waals surface area (Å²) >= 11 is 5.91. The van der Waals surface area contributed by atoms with Gasteiger partial charge >= 0.3 is 0 Å². The van der Waals surface area contributed by atoms with Gasteiger partial charge in [-0.25, -0.2) is 13.6 Å². The predicted molar refractivity (Wildman–Crippen MR) is 74.2 cm³/mol. The molecule has 8 heteroatoms. The molecule has 1 aromatic carbocycles. The molecular weight excluding hydrogens is 304 g/mol. The maximum Gasteiger partial charge on any atom is 0.258 e. The smallest absolute Gasteiger partial charge is 0.258 e. The molecular formula is C12H11ClN2O4S. The zero-order valence-electron chi connectivity index (χ0n) is 10.4. The number of hydrogen-bond donors (Lipinski definition) is 2. The van der Waals surface area contributed by atoms with Crippen LogP contribution in [-0.2, 0) is 10.0 Å². The van der Waals surface area contributed by atoms with Gasteiger partial charge in [-0.05, 0) is 31.2 Å². The Balaban J connectivity index is 2.31. The zero-order chi connectivity index (χ0) is 14.9. The molecule has 106 valence electrons. The van der Waals surface area contributed by atoms with Gasteiger partial charge < -0.3 is 9.73 Å². The molecule has 20 heavy (non-hydrogen) atoms. The second-order valence-electron chi connectivity index (χ2n) is 4.09. The van der Waals surface area contributed by atoms with E-state index in [9.17, 15) is 13.2 Å². The Hall–Kier alpha value is -1.83.